The molecule has 0 bridgehead atoms. The average Bonchev–Trinajstić information content (AvgIpc) is 3.11. The molecule has 4 heterocycles. The number of ether oxygens (including phenoxy) is 2. The van der Waals surface area contributed by atoms with Crippen LogP contribution in [0, 0.1) is 13.8 Å². The highest BCUT2D eigenvalue weighted by Gasteiger charge is 2.29. The van der Waals surface area contributed by atoms with Gasteiger partial charge in [-0.3, -0.25) is 0 Å². The Balaban J connectivity index is 1.83. The number of pyridine rings is 2. The molecular formula is C28H37N4O4+. The van der Waals surface area contributed by atoms with Crippen molar-refractivity contribution in [2.75, 3.05) is 6.54 Å². The van der Waals surface area contributed by atoms with E-state index in [1.165, 1.54) is 0 Å². The Bertz CT molecular complexity index is 1340. The van der Waals surface area contributed by atoms with Gasteiger partial charge in [0.1, 0.15) is 18.2 Å². The number of hydrogen-bond acceptors (Lipinski definition) is 5. The van der Waals surface area contributed by atoms with Crippen molar-refractivity contribution in [2.24, 2.45) is 7.05 Å². The van der Waals surface area contributed by atoms with Crippen LogP contribution in [0.2, 0.25) is 0 Å². The van der Waals surface area contributed by atoms with Crippen molar-refractivity contribution in [2.45, 2.75) is 79.6 Å². The number of rotatable bonds is 1. The summed E-state index contributed by atoms with van der Waals surface area (Å²) < 4.78 is 15.1. The standard InChI is InChI=1S/C28H37N4O4/c1-17-12-20(13-18(2)30(17)9)23-15-21-24(32(23)26(34)36-28(6,7)8)14-19-10-11-31(16-22(19)29-21)25(33)35-27(3,4)5/h12-15H,10-11,16H2,1-9H3/q+1. The maximum Gasteiger partial charge on any atom is 0.419 e. The second-order valence-electron chi connectivity index (χ2n) is 11.6. The van der Waals surface area contributed by atoms with E-state index in [1.54, 1.807) is 9.47 Å². The highest BCUT2D eigenvalue weighted by Crippen LogP contribution is 2.32. The number of aromatic nitrogens is 3. The number of carbonyl (C=O) groups is 2. The zero-order valence-electron chi connectivity index (χ0n) is 22.9. The Kier molecular flexibility index (Phi) is 6.35. The summed E-state index contributed by atoms with van der Waals surface area (Å²) in [6.45, 7) is 16.1. The molecule has 1 amide bonds. The summed E-state index contributed by atoms with van der Waals surface area (Å²) in [5.41, 5.74) is 5.81. The second kappa shape index (κ2) is 8.91. The molecule has 1 aliphatic rings. The smallest absolute Gasteiger partial charge is 0.419 e. The van der Waals surface area contributed by atoms with E-state index in [0.717, 1.165) is 33.9 Å². The predicted molar refractivity (Wildman–Crippen MR) is 138 cm³/mol. The van der Waals surface area contributed by atoms with Gasteiger partial charge >= 0.3 is 12.2 Å². The fourth-order valence-electron chi connectivity index (χ4n) is 4.38. The molecule has 0 saturated heterocycles. The maximum atomic E-state index is 13.4. The summed E-state index contributed by atoms with van der Waals surface area (Å²) in [4.78, 5) is 32.7. The van der Waals surface area contributed by atoms with Gasteiger partial charge in [-0.05, 0) is 65.7 Å². The molecule has 0 N–H and O–H groups in total. The molecule has 1 aliphatic heterocycles. The number of fused-ring (bicyclic) bond motifs is 2. The predicted octanol–water partition coefficient (Wildman–Crippen LogP) is 5.22. The third kappa shape index (κ3) is 5.22. The summed E-state index contributed by atoms with van der Waals surface area (Å²) in [5.74, 6) is 0. The van der Waals surface area contributed by atoms with Crippen LogP contribution in [-0.4, -0.2) is 44.4 Å². The molecule has 0 atom stereocenters. The van der Waals surface area contributed by atoms with Crippen molar-refractivity contribution >= 4 is 23.2 Å². The quantitative estimate of drug-likeness (QED) is 0.434. The van der Waals surface area contributed by atoms with Crippen LogP contribution in [0.25, 0.3) is 22.3 Å². The Hall–Kier alpha value is -3.42. The van der Waals surface area contributed by atoms with Gasteiger partial charge in [0.2, 0.25) is 0 Å². The van der Waals surface area contributed by atoms with E-state index in [9.17, 15) is 9.59 Å². The van der Waals surface area contributed by atoms with Crippen LogP contribution in [0.3, 0.4) is 0 Å². The normalized spacial score (nSPS) is 14.1. The maximum absolute atomic E-state index is 13.4. The van der Waals surface area contributed by atoms with E-state index in [4.69, 9.17) is 14.5 Å². The lowest BCUT2D eigenvalue weighted by Crippen LogP contribution is -2.40. The summed E-state index contributed by atoms with van der Waals surface area (Å²) in [6.07, 6.45) is -0.153. The van der Waals surface area contributed by atoms with Gasteiger partial charge in [-0.25, -0.2) is 23.7 Å². The average molecular weight is 494 g/mol. The summed E-state index contributed by atoms with van der Waals surface area (Å²) in [6, 6.07) is 8.07. The molecule has 3 aromatic rings. The first-order valence-corrected chi connectivity index (χ1v) is 12.4. The molecule has 8 nitrogen and oxygen atoms in total. The number of carbonyl (C=O) groups excluding carboxylic acids is 2. The second-order valence-corrected chi connectivity index (χ2v) is 11.6. The van der Waals surface area contributed by atoms with Crippen molar-refractivity contribution in [3.05, 3.63) is 46.9 Å². The molecule has 36 heavy (non-hydrogen) atoms. The summed E-state index contributed by atoms with van der Waals surface area (Å²) >= 11 is 0. The van der Waals surface area contributed by atoms with Crippen LogP contribution >= 0.6 is 0 Å². The van der Waals surface area contributed by atoms with Gasteiger partial charge in [0.25, 0.3) is 0 Å². The van der Waals surface area contributed by atoms with Crippen LogP contribution < -0.4 is 4.57 Å². The minimum absolute atomic E-state index is 0.342. The Labute approximate surface area is 212 Å². The van der Waals surface area contributed by atoms with E-state index in [-0.39, 0.29) is 6.09 Å². The minimum atomic E-state index is -0.643. The molecule has 4 rings (SSSR count). The van der Waals surface area contributed by atoms with E-state index in [0.29, 0.717) is 30.5 Å². The van der Waals surface area contributed by atoms with Crippen molar-refractivity contribution in [1.82, 2.24) is 14.5 Å². The molecule has 0 spiro atoms. The van der Waals surface area contributed by atoms with Crippen LogP contribution in [0.1, 0.15) is 64.2 Å². The van der Waals surface area contributed by atoms with Crippen LogP contribution in [-0.2, 0) is 29.5 Å². The molecule has 0 aromatic carbocycles. The van der Waals surface area contributed by atoms with Crippen LogP contribution in [0.4, 0.5) is 9.59 Å². The zero-order valence-corrected chi connectivity index (χ0v) is 22.9. The van der Waals surface area contributed by atoms with Gasteiger partial charge in [0, 0.05) is 38.1 Å². The van der Waals surface area contributed by atoms with Crippen molar-refractivity contribution in [3.63, 3.8) is 0 Å². The van der Waals surface area contributed by atoms with Gasteiger partial charge in [-0.15, -0.1) is 0 Å². The number of nitrogens with zero attached hydrogens (tertiary/aromatic N) is 4. The lowest BCUT2D eigenvalue weighted by Gasteiger charge is -2.30. The SMILES string of the molecule is Cc1cc(-c2cc3nc4c(cc3n2C(=O)OC(C)(C)C)CCN(C(=O)OC(C)(C)C)C4)cc(C)[n+]1C. The Morgan fingerprint density at radius 1 is 0.917 bits per heavy atom. The van der Waals surface area contributed by atoms with E-state index < -0.39 is 17.3 Å². The van der Waals surface area contributed by atoms with Gasteiger partial charge in [-0.1, -0.05) is 0 Å². The number of amides is 1. The van der Waals surface area contributed by atoms with Gasteiger partial charge in [-0.2, -0.15) is 0 Å². The molecule has 0 saturated carbocycles. The van der Waals surface area contributed by atoms with E-state index in [1.807, 2.05) is 74.6 Å². The highest BCUT2D eigenvalue weighted by atomic mass is 16.6. The zero-order chi connectivity index (χ0) is 26.6. The Morgan fingerprint density at radius 3 is 2.08 bits per heavy atom. The molecule has 0 fully saturated rings. The van der Waals surface area contributed by atoms with E-state index >= 15 is 0 Å². The molecule has 0 radical (unpaired) electrons. The number of aryl methyl sites for hydroxylation is 2. The Morgan fingerprint density at radius 2 is 1.50 bits per heavy atom. The minimum Gasteiger partial charge on any atom is -0.444 e. The van der Waals surface area contributed by atoms with Crippen molar-refractivity contribution < 1.29 is 23.6 Å². The largest absolute Gasteiger partial charge is 0.444 e. The molecule has 8 heteroatoms. The molecule has 192 valence electrons. The molecule has 3 aromatic heterocycles. The first-order chi connectivity index (χ1) is 16.6. The monoisotopic (exact) mass is 493 g/mol. The molecule has 0 aliphatic carbocycles. The van der Waals surface area contributed by atoms with Crippen LogP contribution in [0.15, 0.2) is 24.3 Å². The van der Waals surface area contributed by atoms with Gasteiger partial charge in [0.15, 0.2) is 11.4 Å². The fraction of sp³-hybridized carbons (Fsp3) is 0.500. The lowest BCUT2D eigenvalue weighted by molar-refractivity contribution is -0.683. The summed E-state index contributed by atoms with van der Waals surface area (Å²) in [5, 5.41) is 0. The molecular weight excluding hydrogens is 456 g/mol. The van der Waals surface area contributed by atoms with Gasteiger partial charge in [0.05, 0.1) is 29.0 Å². The first-order valence-electron chi connectivity index (χ1n) is 12.4. The summed E-state index contributed by atoms with van der Waals surface area (Å²) in [7, 11) is 2.02. The van der Waals surface area contributed by atoms with E-state index in [2.05, 4.69) is 16.7 Å². The third-order valence-corrected chi connectivity index (χ3v) is 6.26. The highest BCUT2D eigenvalue weighted by molar-refractivity contribution is 5.95. The number of hydrogen-bond donors (Lipinski definition) is 0. The first kappa shape index (κ1) is 25.7. The van der Waals surface area contributed by atoms with Crippen molar-refractivity contribution in [1.29, 1.82) is 0 Å². The third-order valence-electron chi connectivity index (χ3n) is 6.26. The van der Waals surface area contributed by atoms with Crippen molar-refractivity contribution in [3.8, 4) is 11.3 Å². The molecule has 0 unspecified atom stereocenters. The van der Waals surface area contributed by atoms with Crippen LogP contribution in [0.5, 0.6) is 0 Å². The van der Waals surface area contributed by atoms with Gasteiger partial charge < -0.3 is 14.4 Å². The lowest BCUT2D eigenvalue weighted by atomic mass is 10.0. The fourth-order valence-corrected chi connectivity index (χ4v) is 4.38. The topological polar surface area (TPSA) is 77.5 Å².